The zero-order valence-corrected chi connectivity index (χ0v) is 12.5. The van der Waals surface area contributed by atoms with Crippen LogP contribution < -0.4 is 36.7 Å². The van der Waals surface area contributed by atoms with Crippen molar-refractivity contribution in [2.45, 2.75) is 0 Å². The topological polar surface area (TPSA) is 130 Å². The third-order valence-electron chi connectivity index (χ3n) is 2.94. The second-order valence-electron chi connectivity index (χ2n) is 4.16. The van der Waals surface area contributed by atoms with Crippen LogP contribution in [0.25, 0.3) is 11.4 Å². The van der Waals surface area contributed by atoms with E-state index in [-0.39, 0.29) is 0 Å². The van der Waals surface area contributed by atoms with E-state index in [4.69, 9.17) is 25.9 Å². The molecule has 9 nitrogen and oxygen atoms in total. The van der Waals surface area contributed by atoms with Crippen LogP contribution in [0.4, 0.5) is 11.6 Å². The summed E-state index contributed by atoms with van der Waals surface area (Å²) in [5.74, 6) is 13.5. The van der Waals surface area contributed by atoms with Crippen LogP contribution in [-0.4, -0.2) is 31.3 Å². The van der Waals surface area contributed by atoms with Crippen LogP contribution in [0.5, 0.6) is 17.2 Å². The lowest BCUT2D eigenvalue weighted by atomic mass is 10.1. The number of aromatic nitrogens is 2. The first-order valence-corrected chi connectivity index (χ1v) is 6.29. The number of ether oxygens (including phenoxy) is 3. The van der Waals surface area contributed by atoms with Crippen molar-refractivity contribution in [3.05, 3.63) is 18.2 Å². The third kappa shape index (κ3) is 2.95. The number of nitrogens with two attached hydrogens (primary N) is 2. The van der Waals surface area contributed by atoms with Crippen molar-refractivity contribution in [3.8, 4) is 28.6 Å². The van der Waals surface area contributed by atoms with E-state index in [1.165, 1.54) is 21.3 Å². The van der Waals surface area contributed by atoms with Gasteiger partial charge >= 0.3 is 0 Å². The molecule has 0 aliphatic carbocycles. The summed E-state index contributed by atoms with van der Waals surface area (Å²) < 4.78 is 15.9. The number of anilines is 2. The van der Waals surface area contributed by atoms with Gasteiger partial charge in [0.1, 0.15) is 11.6 Å². The summed E-state index contributed by atoms with van der Waals surface area (Å²) in [6, 6.07) is 5.04. The fraction of sp³-hybridized carbons (Fsp3) is 0.231. The van der Waals surface area contributed by atoms with Crippen molar-refractivity contribution in [1.82, 2.24) is 9.97 Å². The molecule has 0 atom stereocenters. The first-order valence-electron chi connectivity index (χ1n) is 6.29. The molecule has 0 aliphatic rings. The summed E-state index contributed by atoms with van der Waals surface area (Å²) in [4.78, 5) is 8.56. The summed E-state index contributed by atoms with van der Waals surface area (Å²) in [5.41, 5.74) is 5.57. The number of hydrogen-bond donors (Lipinski definition) is 4. The van der Waals surface area contributed by atoms with Crippen LogP contribution in [0.1, 0.15) is 0 Å². The molecule has 1 heterocycles. The minimum absolute atomic E-state index is 0.391. The average Bonchev–Trinajstić information content (AvgIpc) is 2.59. The molecule has 1 aromatic heterocycles. The molecular weight excluding hydrogens is 288 g/mol. The molecule has 2 aromatic rings. The van der Waals surface area contributed by atoms with Crippen molar-refractivity contribution < 1.29 is 14.2 Å². The van der Waals surface area contributed by atoms with Crippen LogP contribution in [-0.2, 0) is 0 Å². The monoisotopic (exact) mass is 306 g/mol. The van der Waals surface area contributed by atoms with Crippen molar-refractivity contribution in [2.75, 3.05) is 32.2 Å². The minimum atomic E-state index is 0.391. The molecule has 0 fully saturated rings. The Hall–Kier alpha value is -2.78. The van der Waals surface area contributed by atoms with Crippen molar-refractivity contribution >= 4 is 11.6 Å². The van der Waals surface area contributed by atoms with Gasteiger partial charge < -0.3 is 25.1 Å². The summed E-state index contributed by atoms with van der Waals surface area (Å²) in [7, 11) is 4.60. The van der Waals surface area contributed by atoms with Gasteiger partial charge in [0.15, 0.2) is 17.3 Å². The first-order chi connectivity index (χ1) is 10.7. The van der Waals surface area contributed by atoms with E-state index in [9.17, 15) is 0 Å². The van der Waals surface area contributed by atoms with Crippen molar-refractivity contribution in [3.63, 3.8) is 0 Å². The van der Waals surface area contributed by atoms with Crippen LogP contribution in [0.2, 0.25) is 0 Å². The molecule has 22 heavy (non-hydrogen) atoms. The Morgan fingerprint density at radius 3 is 1.68 bits per heavy atom. The number of methoxy groups -OCH3 is 3. The van der Waals surface area contributed by atoms with Gasteiger partial charge in [-0.25, -0.2) is 21.7 Å². The van der Waals surface area contributed by atoms with E-state index in [1.807, 2.05) is 0 Å². The lowest BCUT2D eigenvalue weighted by Crippen LogP contribution is -2.13. The van der Waals surface area contributed by atoms with E-state index >= 15 is 0 Å². The van der Waals surface area contributed by atoms with Gasteiger partial charge in [0.25, 0.3) is 0 Å². The smallest absolute Gasteiger partial charge is 0.203 e. The number of nitrogens with one attached hydrogen (secondary N) is 2. The Morgan fingerprint density at radius 2 is 1.32 bits per heavy atom. The number of hydrogen-bond acceptors (Lipinski definition) is 9. The summed E-state index contributed by atoms with van der Waals surface area (Å²) in [6.45, 7) is 0. The number of benzene rings is 1. The van der Waals surface area contributed by atoms with E-state index in [0.717, 1.165) is 0 Å². The quantitative estimate of drug-likeness (QED) is 0.451. The lowest BCUT2D eigenvalue weighted by Gasteiger charge is -2.14. The van der Waals surface area contributed by atoms with Gasteiger partial charge in [0.05, 0.1) is 21.3 Å². The van der Waals surface area contributed by atoms with Gasteiger partial charge in [0.2, 0.25) is 5.75 Å². The Labute approximate surface area is 127 Å². The maximum absolute atomic E-state index is 5.40. The van der Waals surface area contributed by atoms with Gasteiger partial charge in [-0.3, -0.25) is 0 Å². The van der Waals surface area contributed by atoms with Crippen LogP contribution in [0, 0.1) is 0 Å². The highest BCUT2D eigenvalue weighted by Crippen LogP contribution is 2.40. The van der Waals surface area contributed by atoms with Gasteiger partial charge in [0, 0.05) is 11.6 Å². The molecule has 0 spiro atoms. The Bertz CT molecular complexity index is 617. The number of nitrogen functional groups attached to an aromatic ring is 2. The molecule has 0 unspecified atom stereocenters. The highest BCUT2D eigenvalue weighted by Gasteiger charge is 2.16. The maximum atomic E-state index is 5.40. The first kappa shape index (κ1) is 15.6. The molecular formula is C13H18N6O3. The second-order valence-corrected chi connectivity index (χ2v) is 4.16. The Morgan fingerprint density at radius 1 is 0.818 bits per heavy atom. The van der Waals surface area contributed by atoms with E-state index < -0.39 is 0 Å². The number of hydrazine groups is 2. The Kier molecular flexibility index (Phi) is 4.81. The SMILES string of the molecule is COc1cc(-c2nc(NN)cc(NN)n2)cc(OC)c1OC. The maximum Gasteiger partial charge on any atom is 0.203 e. The molecule has 0 radical (unpaired) electrons. The van der Waals surface area contributed by atoms with Gasteiger partial charge in [-0.2, -0.15) is 0 Å². The zero-order valence-electron chi connectivity index (χ0n) is 12.5. The molecule has 0 amide bonds. The van der Waals surface area contributed by atoms with E-state index in [0.29, 0.717) is 40.3 Å². The summed E-state index contributed by atoms with van der Waals surface area (Å²) >= 11 is 0. The van der Waals surface area contributed by atoms with Crippen LogP contribution >= 0.6 is 0 Å². The molecule has 6 N–H and O–H groups in total. The third-order valence-corrected chi connectivity index (χ3v) is 2.94. The van der Waals surface area contributed by atoms with Crippen molar-refractivity contribution in [2.24, 2.45) is 11.7 Å². The van der Waals surface area contributed by atoms with Crippen LogP contribution in [0.3, 0.4) is 0 Å². The largest absolute Gasteiger partial charge is 0.493 e. The Balaban J connectivity index is 2.61. The molecule has 1 aromatic carbocycles. The van der Waals surface area contributed by atoms with E-state index in [2.05, 4.69) is 20.8 Å². The average molecular weight is 306 g/mol. The lowest BCUT2D eigenvalue weighted by molar-refractivity contribution is 0.324. The fourth-order valence-corrected chi connectivity index (χ4v) is 1.93. The number of rotatable bonds is 6. The van der Waals surface area contributed by atoms with Crippen molar-refractivity contribution in [1.29, 1.82) is 0 Å². The zero-order chi connectivity index (χ0) is 16.1. The highest BCUT2D eigenvalue weighted by molar-refractivity contribution is 5.68. The second kappa shape index (κ2) is 6.78. The predicted molar refractivity (Wildman–Crippen MR) is 82.7 cm³/mol. The van der Waals surface area contributed by atoms with E-state index in [1.54, 1.807) is 18.2 Å². The normalized spacial score (nSPS) is 10.0. The standard InChI is InChI=1S/C13H18N6O3/c1-20-8-4-7(5-9(21-2)12(8)22-3)13-16-10(18-14)6-11(17-13)19-15/h4-6H,14-15H2,1-3H3,(H2,16,17,18,19). The van der Waals surface area contributed by atoms with Gasteiger partial charge in [-0.15, -0.1) is 0 Å². The van der Waals surface area contributed by atoms with Gasteiger partial charge in [-0.1, -0.05) is 0 Å². The highest BCUT2D eigenvalue weighted by atomic mass is 16.5. The molecule has 0 saturated heterocycles. The van der Waals surface area contributed by atoms with Crippen LogP contribution in [0.15, 0.2) is 18.2 Å². The van der Waals surface area contributed by atoms with Gasteiger partial charge in [-0.05, 0) is 12.1 Å². The molecule has 9 heteroatoms. The molecule has 118 valence electrons. The molecule has 0 bridgehead atoms. The summed E-state index contributed by atoms with van der Waals surface area (Å²) in [5, 5.41) is 0. The molecule has 0 saturated carbocycles. The molecule has 2 rings (SSSR count). The number of nitrogens with zero attached hydrogens (tertiary/aromatic N) is 2. The minimum Gasteiger partial charge on any atom is -0.493 e. The fourth-order valence-electron chi connectivity index (χ4n) is 1.93. The predicted octanol–water partition coefficient (Wildman–Crippen LogP) is 0.741. The molecule has 0 aliphatic heterocycles. The summed E-state index contributed by atoms with van der Waals surface area (Å²) in [6.07, 6.45) is 0.